The molecule has 122 valence electrons. The third kappa shape index (κ3) is 3.57. The quantitative estimate of drug-likeness (QED) is 0.776. The van der Waals surface area contributed by atoms with Gasteiger partial charge in [-0.3, -0.25) is 19.4 Å². The molecule has 0 saturated carbocycles. The zero-order chi connectivity index (χ0) is 16.9. The van der Waals surface area contributed by atoms with Gasteiger partial charge in [0.2, 0.25) is 11.8 Å². The van der Waals surface area contributed by atoms with Crippen LogP contribution in [0.5, 0.6) is 0 Å². The first-order valence-corrected chi connectivity index (χ1v) is 7.51. The predicted octanol–water partition coefficient (Wildman–Crippen LogP) is 0.839. The minimum absolute atomic E-state index is 0.140. The van der Waals surface area contributed by atoms with Crippen LogP contribution in [0, 0.1) is 0 Å². The number of carbonyl (C=O) groups is 3. The summed E-state index contributed by atoms with van der Waals surface area (Å²) in [6, 6.07) is 11.2. The van der Waals surface area contributed by atoms with E-state index in [1.807, 2.05) is 6.07 Å². The topological polar surface area (TPSA) is 100 Å². The van der Waals surface area contributed by atoms with Crippen molar-refractivity contribution in [2.24, 2.45) is 0 Å². The zero-order valence-electron chi connectivity index (χ0n) is 12.8. The number of nitrogens with zero attached hydrogens (tertiary/aromatic N) is 1. The molecule has 0 fully saturated rings. The molecule has 0 bridgehead atoms. The van der Waals surface area contributed by atoms with Crippen LogP contribution in [0.25, 0.3) is 0 Å². The average molecular weight is 324 g/mol. The minimum Gasteiger partial charge on any atom is -0.350 e. The molecule has 3 rings (SSSR count). The molecule has 1 atom stereocenters. The highest BCUT2D eigenvalue weighted by atomic mass is 16.2. The molecule has 0 radical (unpaired) electrons. The van der Waals surface area contributed by atoms with E-state index in [9.17, 15) is 14.4 Å². The van der Waals surface area contributed by atoms with E-state index in [2.05, 4.69) is 20.9 Å². The lowest BCUT2D eigenvalue weighted by atomic mass is 10.1. The number of nitrogens with one attached hydrogen (secondary N) is 3. The van der Waals surface area contributed by atoms with E-state index < -0.39 is 11.9 Å². The van der Waals surface area contributed by atoms with Gasteiger partial charge in [0.1, 0.15) is 6.04 Å². The molecule has 0 aliphatic carbocycles. The maximum Gasteiger partial charge on any atom is 0.254 e. The van der Waals surface area contributed by atoms with Gasteiger partial charge >= 0.3 is 0 Å². The summed E-state index contributed by atoms with van der Waals surface area (Å²) in [5, 5.41) is 7.94. The normalized spacial score (nSPS) is 16.4. The summed E-state index contributed by atoms with van der Waals surface area (Å²) < 4.78 is 0. The molecule has 7 nitrogen and oxygen atoms in total. The minimum atomic E-state index is -0.923. The SMILES string of the molecule is O=C(C[C@H]1NC(=O)c2ccccc2NC1=O)NCc1ccccn1. The van der Waals surface area contributed by atoms with E-state index in [1.165, 1.54) is 0 Å². The molecule has 2 aromatic rings. The lowest BCUT2D eigenvalue weighted by Crippen LogP contribution is -2.44. The molecule has 1 aromatic carbocycles. The van der Waals surface area contributed by atoms with E-state index >= 15 is 0 Å². The molecule has 1 aliphatic heterocycles. The molecule has 1 aliphatic rings. The van der Waals surface area contributed by atoms with Crippen LogP contribution in [0.2, 0.25) is 0 Å². The Morgan fingerprint density at radius 2 is 1.92 bits per heavy atom. The number of benzene rings is 1. The summed E-state index contributed by atoms with van der Waals surface area (Å²) in [5.41, 5.74) is 1.53. The van der Waals surface area contributed by atoms with Crippen molar-refractivity contribution in [3.05, 3.63) is 59.9 Å². The molecule has 3 N–H and O–H groups in total. The van der Waals surface area contributed by atoms with Gasteiger partial charge in [0.15, 0.2) is 0 Å². The van der Waals surface area contributed by atoms with Crippen molar-refractivity contribution in [3.63, 3.8) is 0 Å². The highest BCUT2D eigenvalue weighted by Gasteiger charge is 2.29. The van der Waals surface area contributed by atoms with E-state index in [-0.39, 0.29) is 24.8 Å². The number of anilines is 1. The predicted molar refractivity (Wildman–Crippen MR) is 87.0 cm³/mol. The third-order valence-electron chi connectivity index (χ3n) is 3.63. The van der Waals surface area contributed by atoms with Crippen LogP contribution in [-0.4, -0.2) is 28.7 Å². The van der Waals surface area contributed by atoms with Gasteiger partial charge in [-0.2, -0.15) is 0 Å². The Morgan fingerprint density at radius 1 is 1.12 bits per heavy atom. The fourth-order valence-electron chi connectivity index (χ4n) is 2.40. The Kier molecular flexibility index (Phi) is 4.51. The number of hydrogen-bond acceptors (Lipinski definition) is 4. The number of rotatable bonds is 4. The van der Waals surface area contributed by atoms with Gasteiger partial charge in [-0.25, -0.2) is 0 Å². The van der Waals surface area contributed by atoms with Gasteiger partial charge in [0, 0.05) is 6.20 Å². The van der Waals surface area contributed by atoms with Gasteiger partial charge in [0.05, 0.1) is 29.9 Å². The molecule has 0 saturated heterocycles. The van der Waals surface area contributed by atoms with Gasteiger partial charge < -0.3 is 16.0 Å². The summed E-state index contributed by atoms with van der Waals surface area (Å²) in [4.78, 5) is 40.5. The Labute approximate surface area is 138 Å². The van der Waals surface area contributed by atoms with Gasteiger partial charge in [-0.15, -0.1) is 0 Å². The highest BCUT2D eigenvalue weighted by Crippen LogP contribution is 2.18. The van der Waals surface area contributed by atoms with Crippen molar-refractivity contribution in [2.45, 2.75) is 19.0 Å². The van der Waals surface area contributed by atoms with E-state index in [0.717, 1.165) is 0 Å². The van der Waals surface area contributed by atoms with E-state index in [0.29, 0.717) is 16.9 Å². The first-order chi connectivity index (χ1) is 11.6. The second-order valence-corrected chi connectivity index (χ2v) is 5.36. The molecular weight excluding hydrogens is 308 g/mol. The molecule has 24 heavy (non-hydrogen) atoms. The maximum absolute atomic E-state index is 12.2. The Hall–Kier alpha value is -3.22. The number of aromatic nitrogens is 1. The number of para-hydroxylation sites is 1. The second-order valence-electron chi connectivity index (χ2n) is 5.36. The van der Waals surface area contributed by atoms with Crippen LogP contribution in [0.1, 0.15) is 22.5 Å². The van der Waals surface area contributed by atoms with Crippen LogP contribution < -0.4 is 16.0 Å². The Morgan fingerprint density at radius 3 is 2.71 bits per heavy atom. The summed E-state index contributed by atoms with van der Waals surface area (Å²) >= 11 is 0. The van der Waals surface area contributed by atoms with Crippen LogP contribution in [0.3, 0.4) is 0 Å². The molecular formula is C17H16N4O3. The lowest BCUT2D eigenvalue weighted by molar-refractivity contribution is -0.125. The van der Waals surface area contributed by atoms with Gasteiger partial charge in [-0.1, -0.05) is 18.2 Å². The number of hydrogen-bond donors (Lipinski definition) is 3. The van der Waals surface area contributed by atoms with Crippen molar-refractivity contribution in [2.75, 3.05) is 5.32 Å². The largest absolute Gasteiger partial charge is 0.350 e. The smallest absolute Gasteiger partial charge is 0.254 e. The molecule has 2 heterocycles. The monoisotopic (exact) mass is 324 g/mol. The standard InChI is InChI=1S/C17H16N4O3/c22-15(19-10-11-5-3-4-8-18-11)9-14-17(24)20-13-7-2-1-6-12(13)16(23)21-14/h1-8,14H,9-10H2,(H,19,22)(H,20,24)(H,21,23)/t14-/m1/s1. The highest BCUT2D eigenvalue weighted by molar-refractivity contribution is 6.10. The van der Waals surface area contributed by atoms with Crippen molar-refractivity contribution in [1.82, 2.24) is 15.6 Å². The molecule has 0 unspecified atom stereocenters. The van der Waals surface area contributed by atoms with Crippen LogP contribution >= 0.6 is 0 Å². The summed E-state index contributed by atoms with van der Waals surface area (Å²) in [7, 11) is 0. The number of amides is 3. The van der Waals surface area contributed by atoms with Crippen molar-refractivity contribution in [3.8, 4) is 0 Å². The van der Waals surface area contributed by atoms with Crippen LogP contribution in [-0.2, 0) is 16.1 Å². The lowest BCUT2D eigenvalue weighted by Gasteiger charge is -2.14. The van der Waals surface area contributed by atoms with E-state index in [1.54, 1.807) is 42.6 Å². The van der Waals surface area contributed by atoms with Crippen molar-refractivity contribution >= 4 is 23.4 Å². The van der Waals surface area contributed by atoms with Crippen molar-refractivity contribution < 1.29 is 14.4 Å². The summed E-state index contributed by atoms with van der Waals surface area (Å²) in [6.07, 6.45) is 1.50. The maximum atomic E-state index is 12.2. The molecule has 0 spiro atoms. The Balaban J connectivity index is 1.62. The Bertz CT molecular complexity index is 776. The second kappa shape index (κ2) is 6.91. The van der Waals surface area contributed by atoms with Crippen molar-refractivity contribution in [1.29, 1.82) is 0 Å². The first-order valence-electron chi connectivity index (χ1n) is 7.51. The average Bonchev–Trinajstić information content (AvgIpc) is 2.71. The zero-order valence-corrected chi connectivity index (χ0v) is 12.8. The number of fused-ring (bicyclic) bond motifs is 1. The number of pyridine rings is 1. The van der Waals surface area contributed by atoms with Gasteiger partial charge in [0.25, 0.3) is 5.91 Å². The molecule has 1 aromatic heterocycles. The fourth-order valence-corrected chi connectivity index (χ4v) is 2.40. The summed E-state index contributed by atoms with van der Waals surface area (Å²) in [5.74, 6) is -1.14. The van der Waals surface area contributed by atoms with Crippen LogP contribution in [0.4, 0.5) is 5.69 Å². The summed E-state index contributed by atoms with van der Waals surface area (Å²) in [6.45, 7) is 0.266. The first kappa shape index (κ1) is 15.7. The number of carbonyl (C=O) groups excluding carboxylic acids is 3. The van der Waals surface area contributed by atoms with Gasteiger partial charge in [-0.05, 0) is 24.3 Å². The van der Waals surface area contributed by atoms with E-state index in [4.69, 9.17) is 0 Å². The molecule has 3 amide bonds. The van der Waals surface area contributed by atoms with Crippen LogP contribution in [0.15, 0.2) is 48.7 Å². The third-order valence-corrected chi connectivity index (χ3v) is 3.63. The fraction of sp³-hybridized carbons (Fsp3) is 0.176. The molecule has 7 heteroatoms.